The summed E-state index contributed by atoms with van der Waals surface area (Å²) < 4.78 is 0. The number of nitrogens with one attached hydrogen (secondary N) is 1. The molecule has 52 valence electrons. The Bertz CT molecular complexity index is 283. The van der Waals surface area contributed by atoms with Crippen LogP contribution in [0.4, 0.5) is 5.69 Å². The fourth-order valence-electron chi connectivity index (χ4n) is 1.03. The van der Waals surface area contributed by atoms with Gasteiger partial charge in [-0.2, -0.15) is 0 Å². The molecule has 0 fully saturated rings. The Kier molecular flexibility index (Phi) is 1.47. The Morgan fingerprint density at radius 1 is 1.40 bits per heavy atom. The van der Waals surface area contributed by atoms with Gasteiger partial charge in [-0.25, -0.2) is 0 Å². The highest BCUT2D eigenvalue weighted by Crippen LogP contribution is 2.24. The van der Waals surface area contributed by atoms with E-state index in [0.717, 1.165) is 5.88 Å². The third kappa shape index (κ3) is 0.859. The highest BCUT2D eigenvalue weighted by atomic mass is 32.8. The number of fused-ring (bicyclic) bond motifs is 1. The Hall–Kier alpha value is -0.410. The van der Waals surface area contributed by atoms with E-state index in [0.29, 0.717) is 0 Å². The van der Waals surface area contributed by atoms with Gasteiger partial charge in [0.2, 0.25) is 0 Å². The summed E-state index contributed by atoms with van der Waals surface area (Å²) in [6, 6.07) is 8.25. The Morgan fingerprint density at radius 3 is 3.00 bits per heavy atom. The van der Waals surface area contributed by atoms with E-state index in [1.807, 2.05) is 12.1 Å². The maximum atomic E-state index is 5.22. The van der Waals surface area contributed by atoms with Crippen LogP contribution in [0.3, 0.4) is 0 Å². The van der Waals surface area contributed by atoms with E-state index in [9.17, 15) is 0 Å². The zero-order valence-corrected chi connectivity index (χ0v) is 6.97. The molecule has 0 saturated heterocycles. The van der Waals surface area contributed by atoms with Crippen LogP contribution in [0.2, 0.25) is 0 Å². The van der Waals surface area contributed by atoms with Gasteiger partial charge in [-0.3, -0.25) is 0 Å². The third-order valence-electron chi connectivity index (χ3n) is 1.53. The second-order valence-corrected chi connectivity index (χ2v) is 4.79. The minimum Gasteiger partial charge on any atom is -0.374 e. The molecule has 1 aromatic carbocycles. The van der Waals surface area contributed by atoms with Crippen LogP contribution < -0.4 is 5.32 Å². The average molecular weight is 169 g/mol. The minimum atomic E-state index is 0.0244. The summed E-state index contributed by atoms with van der Waals surface area (Å²) in [6.07, 6.45) is 0. The quantitative estimate of drug-likeness (QED) is 0.632. The Morgan fingerprint density at radius 2 is 2.20 bits per heavy atom. The van der Waals surface area contributed by atoms with Gasteiger partial charge >= 0.3 is 0 Å². The number of hydrogen-bond acceptors (Lipinski definition) is 2. The Labute approximate surface area is 67.0 Å². The first-order chi connectivity index (χ1) is 4.88. The van der Waals surface area contributed by atoms with E-state index in [2.05, 4.69) is 17.4 Å². The molecule has 0 saturated carbocycles. The van der Waals surface area contributed by atoms with Crippen LogP contribution in [0.15, 0.2) is 29.2 Å². The summed E-state index contributed by atoms with van der Waals surface area (Å²) in [4.78, 5) is 1.30. The zero-order chi connectivity index (χ0) is 6.97. The molecule has 1 heterocycles. The predicted octanol–water partition coefficient (Wildman–Crippen LogP) is 1.51. The number of anilines is 1. The van der Waals surface area contributed by atoms with E-state index < -0.39 is 0 Å². The van der Waals surface area contributed by atoms with Gasteiger partial charge in [-0.05, 0) is 23.3 Å². The second kappa shape index (κ2) is 2.32. The lowest BCUT2D eigenvalue weighted by atomic mass is 10.3. The average Bonchev–Trinajstić information content (AvgIpc) is 2.34. The summed E-state index contributed by atoms with van der Waals surface area (Å²) in [7, 11) is 0.0244. The molecule has 3 heteroatoms. The van der Waals surface area contributed by atoms with Crippen molar-refractivity contribution < 1.29 is 0 Å². The number of rotatable bonds is 0. The largest absolute Gasteiger partial charge is 0.374 e. The van der Waals surface area contributed by atoms with Crippen LogP contribution in [-0.2, 0) is 20.6 Å². The zero-order valence-electron chi connectivity index (χ0n) is 5.33. The van der Waals surface area contributed by atoms with E-state index in [-0.39, 0.29) is 9.45 Å². The van der Waals surface area contributed by atoms with Crippen LogP contribution in [0, 0.1) is 0 Å². The van der Waals surface area contributed by atoms with Gasteiger partial charge in [0.1, 0.15) is 0 Å². The smallest absolute Gasteiger partial charge is 0.0701 e. The lowest BCUT2D eigenvalue weighted by molar-refractivity contribution is 1.43. The monoisotopic (exact) mass is 169 g/mol. The fraction of sp³-hybridized carbons (Fsp3) is 0.143. The van der Waals surface area contributed by atoms with Gasteiger partial charge in [-0.1, -0.05) is 21.6 Å². The van der Waals surface area contributed by atoms with Crippen molar-refractivity contribution >= 4 is 26.3 Å². The van der Waals surface area contributed by atoms with Crippen LogP contribution in [-0.4, -0.2) is 5.88 Å². The molecule has 0 aromatic heterocycles. The molecule has 1 aliphatic rings. The second-order valence-electron chi connectivity index (χ2n) is 2.16. The van der Waals surface area contributed by atoms with E-state index in [1.165, 1.54) is 10.6 Å². The van der Waals surface area contributed by atoms with Crippen molar-refractivity contribution in [2.75, 3.05) is 11.2 Å². The minimum absolute atomic E-state index is 0.0244. The van der Waals surface area contributed by atoms with Crippen molar-refractivity contribution in [3.8, 4) is 0 Å². The third-order valence-corrected chi connectivity index (χ3v) is 3.67. The van der Waals surface area contributed by atoms with Gasteiger partial charge in [0, 0.05) is 10.6 Å². The molecule has 2 rings (SSSR count). The highest BCUT2D eigenvalue weighted by Gasteiger charge is 2.11. The molecule has 0 amide bonds. The topological polar surface area (TPSA) is 12.0 Å². The van der Waals surface area contributed by atoms with E-state index >= 15 is 0 Å². The molecule has 1 aromatic rings. The molecule has 0 aliphatic carbocycles. The summed E-state index contributed by atoms with van der Waals surface area (Å²) in [5.41, 5.74) is 1.22. The molecule has 1 N–H and O–H groups in total. The molecule has 1 unspecified atom stereocenters. The van der Waals surface area contributed by atoms with Gasteiger partial charge in [-0.15, -0.1) is 0 Å². The van der Waals surface area contributed by atoms with Crippen LogP contribution >= 0.6 is 0 Å². The van der Waals surface area contributed by atoms with Crippen LogP contribution in [0.1, 0.15) is 0 Å². The van der Waals surface area contributed by atoms with Crippen molar-refractivity contribution in [3.63, 3.8) is 0 Å². The normalized spacial score (nSPS) is 21.8. The van der Waals surface area contributed by atoms with Crippen molar-refractivity contribution in [2.45, 2.75) is 4.90 Å². The standard InChI is InChI=1S/C7H7NS2/c9-10-5-8-6-3-1-2-4-7(6)10/h1-4,8H,5H2. The highest BCUT2D eigenvalue weighted by molar-refractivity contribution is 8.29. The molecule has 0 radical (unpaired) electrons. The fourth-order valence-corrected chi connectivity index (χ4v) is 2.70. The molecular formula is C7H7NS2. The summed E-state index contributed by atoms with van der Waals surface area (Å²) in [5.74, 6) is 0.939. The molecule has 0 bridgehead atoms. The molecule has 1 atom stereocenters. The first kappa shape index (κ1) is 6.31. The van der Waals surface area contributed by atoms with Crippen molar-refractivity contribution in [1.82, 2.24) is 0 Å². The SMILES string of the molecule is S=S1CNc2ccccc21. The predicted molar refractivity (Wildman–Crippen MR) is 47.9 cm³/mol. The van der Waals surface area contributed by atoms with Gasteiger partial charge < -0.3 is 5.32 Å². The summed E-state index contributed by atoms with van der Waals surface area (Å²) in [5, 5.41) is 3.26. The van der Waals surface area contributed by atoms with E-state index in [4.69, 9.17) is 11.2 Å². The molecule has 1 aliphatic heterocycles. The number of para-hydroxylation sites is 1. The summed E-state index contributed by atoms with van der Waals surface area (Å²) >= 11 is 5.22. The van der Waals surface area contributed by atoms with Gasteiger partial charge in [0.15, 0.2) is 0 Å². The number of hydrogen-bond donors (Lipinski definition) is 1. The first-order valence-electron chi connectivity index (χ1n) is 3.09. The molecule has 0 spiro atoms. The molecule has 1 nitrogen and oxygen atoms in total. The van der Waals surface area contributed by atoms with E-state index in [1.54, 1.807) is 0 Å². The molecule has 10 heavy (non-hydrogen) atoms. The maximum Gasteiger partial charge on any atom is 0.0701 e. The van der Waals surface area contributed by atoms with Crippen molar-refractivity contribution in [3.05, 3.63) is 24.3 Å². The summed E-state index contributed by atoms with van der Waals surface area (Å²) in [6.45, 7) is 0. The van der Waals surface area contributed by atoms with Crippen LogP contribution in [0.5, 0.6) is 0 Å². The van der Waals surface area contributed by atoms with Crippen LogP contribution in [0.25, 0.3) is 0 Å². The lowest BCUT2D eigenvalue weighted by Gasteiger charge is -1.93. The molecular weight excluding hydrogens is 162 g/mol. The maximum absolute atomic E-state index is 5.22. The van der Waals surface area contributed by atoms with Crippen molar-refractivity contribution in [2.24, 2.45) is 0 Å². The van der Waals surface area contributed by atoms with Gasteiger partial charge in [0.25, 0.3) is 0 Å². The van der Waals surface area contributed by atoms with Gasteiger partial charge in [0.05, 0.1) is 5.88 Å². The van der Waals surface area contributed by atoms with Crippen molar-refractivity contribution in [1.29, 1.82) is 0 Å². The Balaban J connectivity index is 2.61. The lowest BCUT2D eigenvalue weighted by Crippen LogP contribution is -1.93. The first-order valence-corrected chi connectivity index (χ1v) is 5.41. The number of benzene rings is 1.